The van der Waals surface area contributed by atoms with Crippen LogP contribution in [-0.2, 0) is 19.2 Å². The number of hydroxylamine groups is 2. The molecular formula is C26H30N2O6. The van der Waals surface area contributed by atoms with Crippen LogP contribution in [0.5, 0.6) is 0 Å². The lowest BCUT2D eigenvalue weighted by atomic mass is 9.81. The molecule has 0 saturated heterocycles. The number of fused-ring (bicyclic) bond motifs is 3. The summed E-state index contributed by atoms with van der Waals surface area (Å²) >= 11 is 0. The molecule has 0 heterocycles. The van der Waals surface area contributed by atoms with Gasteiger partial charge in [-0.25, -0.2) is 14.7 Å². The van der Waals surface area contributed by atoms with Crippen LogP contribution in [0.2, 0.25) is 0 Å². The van der Waals surface area contributed by atoms with E-state index in [2.05, 4.69) is 29.6 Å². The zero-order valence-electron chi connectivity index (χ0n) is 19.2. The first-order valence-corrected chi connectivity index (χ1v) is 11.6. The minimum atomic E-state index is -1.12. The van der Waals surface area contributed by atoms with Crippen LogP contribution in [-0.4, -0.2) is 54.9 Å². The summed E-state index contributed by atoms with van der Waals surface area (Å²) in [7, 11) is 1.44. The summed E-state index contributed by atoms with van der Waals surface area (Å²) in [4.78, 5) is 40.3. The van der Waals surface area contributed by atoms with Gasteiger partial charge < -0.3 is 15.2 Å². The molecule has 4 rings (SSSR count). The number of aliphatic carboxylic acids is 1. The lowest BCUT2D eigenvalue weighted by Crippen LogP contribution is -2.38. The van der Waals surface area contributed by atoms with Crippen molar-refractivity contribution < 1.29 is 29.1 Å². The molecule has 2 aromatic rings. The maximum atomic E-state index is 12.4. The zero-order valence-corrected chi connectivity index (χ0v) is 19.2. The van der Waals surface area contributed by atoms with Crippen molar-refractivity contribution in [3.8, 4) is 11.1 Å². The van der Waals surface area contributed by atoms with Crippen LogP contribution in [0.25, 0.3) is 11.1 Å². The number of carboxylic acid groups (broad SMARTS) is 1. The second-order valence-electron chi connectivity index (χ2n) is 8.93. The van der Waals surface area contributed by atoms with Crippen molar-refractivity contribution in [1.29, 1.82) is 0 Å². The number of benzene rings is 2. The highest BCUT2D eigenvalue weighted by molar-refractivity contribution is 5.79. The van der Waals surface area contributed by atoms with Gasteiger partial charge in [0, 0.05) is 25.4 Å². The van der Waals surface area contributed by atoms with Crippen LogP contribution in [0, 0.1) is 11.8 Å². The lowest BCUT2D eigenvalue weighted by Gasteiger charge is -2.30. The highest BCUT2D eigenvalue weighted by atomic mass is 16.7. The van der Waals surface area contributed by atoms with Crippen LogP contribution in [0.1, 0.15) is 42.7 Å². The van der Waals surface area contributed by atoms with Crippen LogP contribution < -0.4 is 5.32 Å². The van der Waals surface area contributed by atoms with Crippen molar-refractivity contribution in [1.82, 2.24) is 10.4 Å². The molecule has 1 fully saturated rings. The molecule has 1 saturated carbocycles. The molecule has 0 bridgehead atoms. The first kappa shape index (κ1) is 23.8. The predicted octanol–water partition coefficient (Wildman–Crippen LogP) is 3.81. The first-order valence-electron chi connectivity index (χ1n) is 11.6. The third kappa shape index (κ3) is 5.39. The van der Waals surface area contributed by atoms with Crippen molar-refractivity contribution in [2.24, 2.45) is 11.8 Å². The number of hydrogen-bond acceptors (Lipinski definition) is 5. The number of alkyl carbamates (subject to hydrolysis) is 1. The number of carboxylic acids is 1. The van der Waals surface area contributed by atoms with Gasteiger partial charge in [-0.05, 0) is 53.9 Å². The van der Waals surface area contributed by atoms with E-state index in [0.717, 1.165) is 17.9 Å². The summed E-state index contributed by atoms with van der Waals surface area (Å²) in [6.07, 6.45) is 2.52. The number of rotatable bonds is 8. The van der Waals surface area contributed by atoms with E-state index in [1.165, 1.54) is 29.3 Å². The molecule has 180 valence electrons. The van der Waals surface area contributed by atoms with Crippen molar-refractivity contribution in [3.05, 3.63) is 59.7 Å². The van der Waals surface area contributed by atoms with E-state index in [-0.39, 0.29) is 30.3 Å². The number of ether oxygens (including phenoxy) is 1. The smallest absolute Gasteiger partial charge is 0.407 e. The molecule has 8 nitrogen and oxygen atoms in total. The Balaban J connectivity index is 1.21. The fourth-order valence-corrected chi connectivity index (χ4v) is 4.96. The number of hydrogen-bond donors (Lipinski definition) is 2. The van der Waals surface area contributed by atoms with Crippen molar-refractivity contribution in [2.45, 2.75) is 31.6 Å². The Morgan fingerprint density at radius 3 is 2.15 bits per heavy atom. The molecule has 0 radical (unpaired) electrons. The van der Waals surface area contributed by atoms with E-state index in [9.17, 15) is 14.4 Å². The van der Waals surface area contributed by atoms with E-state index in [4.69, 9.17) is 14.7 Å². The fraction of sp³-hybridized carbons (Fsp3) is 0.423. The molecule has 2 aliphatic carbocycles. The third-order valence-electron chi connectivity index (χ3n) is 6.77. The molecule has 2 aliphatic rings. The molecule has 0 unspecified atom stereocenters. The summed E-state index contributed by atoms with van der Waals surface area (Å²) in [5.74, 6) is -1.22. The van der Waals surface area contributed by atoms with Gasteiger partial charge in [-0.15, -0.1) is 0 Å². The van der Waals surface area contributed by atoms with Crippen LogP contribution in [0.3, 0.4) is 0 Å². The second-order valence-corrected chi connectivity index (χ2v) is 8.93. The molecule has 34 heavy (non-hydrogen) atoms. The second kappa shape index (κ2) is 10.7. The van der Waals surface area contributed by atoms with Crippen LogP contribution in [0.4, 0.5) is 4.79 Å². The van der Waals surface area contributed by atoms with Gasteiger partial charge in [-0.2, -0.15) is 0 Å². The molecule has 8 heteroatoms. The number of amides is 2. The molecule has 0 aromatic heterocycles. The molecule has 0 spiro atoms. The summed E-state index contributed by atoms with van der Waals surface area (Å²) < 4.78 is 5.59. The van der Waals surface area contributed by atoms with E-state index >= 15 is 0 Å². The van der Waals surface area contributed by atoms with Crippen molar-refractivity contribution in [3.63, 3.8) is 0 Å². The molecule has 2 aromatic carbocycles. The highest BCUT2D eigenvalue weighted by Gasteiger charge is 2.31. The predicted molar refractivity (Wildman–Crippen MR) is 125 cm³/mol. The lowest BCUT2D eigenvalue weighted by molar-refractivity contribution is -0.190. The Morgan fingerprint density at radius 2 is 1.56 bits per heavy atom. The van der Waals surface area contributed by atoms with Gasteiger partial charge in [-0.3, -0.25) is 9.63 Å². The maximum Gasteiger partial charge on any atom is 0.407 e. The number of carbonyl (C=O) groups excluding carboxylic acids is 2. The number of carbonyl (C=O) groups is 3. The standard InChI is InChI=1S/C26H30N2O6/c1-28(34-16-24(29)30)25(31)18-12-10-17(11-13-18)14-27-26(32)33-15-23-21-8-4-2-6-19(21)20-7-3-5-9-22(20)23/h2-9,17-18,23H,10-16H2,1H3,(H,27,32)(H,29,30). The minimum Gasteiger partial charge on any atom is -0.479 e. The van der Waals surface area contributed by atoms with Gasteiger partial charge in [0.25, 0.3) is 0 Å². The average molecular weight is 467 g/mol. The third-order valence-corrected chi connectivity index (χ3v) is 6.77. The highest BCUT2D eigenvalue weighted by Crippen LogP contribution is 2.44. The van der Waals surface area contributed by atoms with Crippen LogP contribution in [0.15, 0.2) is 48.5 Å². The molecule has 2 amide bonds. The number of nitrogens with one attached hydrogen (secondary N) is 1. The SMILES string of the molecule is CN(OCC(=O)O)C(=O)C1CCC(CNC(=O)OCC2c3ccccc3-c3ccccc32)CC1. The Hall–Kier alpha value is -3.39. The quantitative estimate of drug-likeness (QED) is 0.574. The topological polar surface area (TPSA) is 105 Å². The Bertz CT molecular complexity index is 1000. The zero-order chi connectivity index (χ0) is 24.1. The minimum absolute atomic E-state index is 0.0277. The molecule has 2 N–H and O–H groups in total. The fourth-order valence-electron chi connectivity index (χ4n) is 4.96. The maximum absolute atomic E-state index is 12.4. The largest absolute Gasteiger partial charge is 0.479 e. The number of nitrogens with zero attached hydrogens (tertiary/aromatic N) is 1. The van der Waals surface area contributed by atoms with Crippen molar-refractivity contribution >= 4 is 18.0 Å². The average Bonchev–Trinajstić information content (AvgIpc) is 3.18. The monoisotopic (exact) mass is 466 g/mol. The van der Waals surface area contributed by atoms with Gasteiger partial charge >= 0.3 is 12.1 Å². The van der Waals surface area contributed by atoms with Gasteiger partial charge in [0.15, 0.2) is 6.61 Å². The van der Waals surface area contributed by atoms with Gasteiger partial charge in [-0.1, -0.05) is 48.5 Å². The summed E-state index contributed by atoms with van der Waals surface area (Å²) in [6, 6.07) is 16.4. The van der Waals surface area contributed by atoms with Gasteiger partial charge in [0.1, 0.15) is 6.61 Å². The summed E-state index contributed by atoms with van der Waals surface area (Å²) in [5.41, 5.74) is 4.74. The summed E-state index contributed by atoms with van der Waals surface area (Å²) in [6.45, 7) is 0.244. The first-order chi connectivity index (χ1) is 16.4. The van der Waals surface area contributed by atoms with Crippen molar-refractivity contribution in [2.75, 3.05) is 26.8 Å². The normalized spacial score (nSPS) is 19.1. The van der Waals surface area contributed by atoms with E-state index < -0.39 is 18.7 Å². The molecule has 0 aliphatic heterocycles. The molecule has 0 atom stereocenters. The van der Waals surface area contributed by atoms with Gasteiger partial charge in [0.2, 0.25) is 5.91 Å². The van der Waals surface area contributed by atoms with Crippen LogP contribution >= 0.6 is 0 Å². The van der Waals surface area contributed by atoms with Gasteiger partial charge in [0.05, 0.1) is 0 Å². The Morgan fingerprint density at radius 1 is 0.971 bits per heavy atom. The van der Waals surface area contributed by atoms with E-state index in [1.54, 1.807) is 0 Å². The van der Waals surface area contributed by atoms with E-state index in [1.807, 2.05) is 24.3 Å². The molecular weight excluding hydrogens is 436 g/mol. The Kier molecular flexibility index (Phi) is 7.47. The van der Waals surface area contributed by atoms with E-state index in [0.29, 0.717) is 19.4 Å². The summed E-state index contributed by atoms with van der Waals surface area (Å²) in [5, 5.41) is 12.6. The Labute approximate surface area is 198 Å².